The van der Waals surface area contributed by atoms with Gasteiger partial charge in [-0.2, -0.15) is 0 Å². The number of hydrogen-bond donors (Lipinski definition) is 11. The van der Waals surface area contributed by atoms with Gasteiger partial charge in [-0.25, -0.2) is 4.79 Å². The molecule has 0 aliphatic rings. The molecule has 0 heterocycles. The maximum atomic E-state index is 14.2. The van der Waals surface area contributed by atoms with Crippen LogP contribution in [0.3, 0.4) is 0 Å². The Hall–Kier alpha value is -4.36. The molecule has 19 nitrogen and oxygen atoms in total. The Morgan fingerprint density at radius 3 is 1.17 bits per heavy atom. The number of aliphatic carboxylic acids is 1. The summed E-state index contributed by atoms with van der Waals surface area (Å²) in [5.74, 6) is -7.41. The molecule has 0 aromatic carbocycles. The lowest BCUT2D eigenvalue weighted by atomic mass is 9.95. The minimum Gasteiger partial charge on any atom is -0.480 e. The van der Waals surface area contributed by atoms with Gasteiger partial charge in [0.2, 0.25) is 41.4 Å². The SMILES string of the molecule is CC[C@H](C)[C@H](NC(=O)[C@H](CC(C)C)NC(=O)[C@H](CCCCN)NC(=O)[C@@H](NC(=O)[C@@H](N)CCCCN)C(C)C)C(=O)N[C@H](C(=O)N[C@@H](CC(C)C)C(=O)N[C@H](C(=O)O)C(C)C)C(C)C. The topological polar surface area (TPSA) is 319 Å². The van der Waals surface area contributed by atoms with Crippen molar-refractivity contribution >= 4 is 47.3 Å². The van der Waals surface area contributed by atoms with Crippen LogP contribution in [-0.4, -0.2) is 114 Å². The largest absolute Gasteiger partial charge is 0.480 e. The summed E-state index contributed by atoms with van der Waals surface area (Å²) < 4.78 is 0. The van der Waals surface area contributed by atoms with E-state index in [1.165, 1.54) is 0 Å². The summed E-state index contributed by atoms with van der Waals surface area (Å²) in [6, 6.07) is -8.65. The van der Waals surface area contributed by atoms with E-state index >= 15 is 0 Å². The monoisotopic (exact) mass is 911 g/mol. The first-order valence-electron chi connectivity index (χ1n) is 23.3. The molecule has 0 rings (SSSR count). The molecule has 0 saturated carbocycles. The molecule has 0 aliphatic heterocycles. The number of rotatable bonds is 32. The summed E-state index contributed by atoms with van der Waals surface area (Å²) >= 11 is 0. The van der Waals surface area contributed by atoms with E-state index in [-0.39, 0.29) is 37.0 Å². The first kappa shape index (κ1) is 59.6. The number of hydrogen-bond acceptors (Lipinski definition) is 11. The molecule has 7 amide bonds. The van der Waals surface area contributed by atoms with Gasteiger partial charge in [-0.1, -0.05) is 95.9 Å². The predicted molar refractivity (Wildman–Crippen MR) is 248 cm³/mol. The highest BCUT2D eigenvalue weighted by atomic mass is 16.4. The summed E-state index contributed by atoms with van der Waals surface area (Å²) in [7, 11) is 0. The van der Waals surface area contributed by atoms with Crippen LogP contribution in [0.2, 0.25) is 0 Å². The fourth-order valence-corrected chi connectivity index (χ4v) is 6.90. The fourth-order valence-electron chi connectivity index (χ4n) is 6.90. The lowest BCUT2D eigenvalue weighted by molar-refractivity contribution is -0.143. The van der Waals surface area contributed by atoms with E-state index in [2.05, 4.69) is 37.2 Å². The summed E-state index contributed by atoms with van der Waals surface area (Å²) in [5.41, 5.74) is 17.4. The second-order valence-corrected chi connectivity index (χ2v) is 19.0. The zero-order chi connectivity index (χ0) is 49.4. The van der Waals surface area contributed by atoms with Gasteiger partial charge in [-0.15, -0.1) is 0 Å². The zero-order valence-electron chi connectivity index (χ0n) is 40.8. The van der Waals surface area contributed by atoms with Crippen molar-refractivity contribution in [2.24, 2.45) is 52.7 Å². The van der Waals surface area contributed by atoms with Crippen molar-refractivity contribution < 1.29 is 43.5 Å². The highest BCUT2D eigenvalue weighted by Crippen LogP contribution is 2.15. The third-order valence-corrected chi connectivity index (χ3v) is 11.1. The minimum absolute atomic E-state index is 0.0574. The van der Waals surface area contributed by atoms with Crippen LogP contribution in [0.15, 0.2) is 0 Å². The average molecular weight is 911 g/mol. The smallest absolute Gasteiger partial charge is 0.326 e. The van der Waals surface area contributed by atoms with Crippen LogP contribution in [0.1, 0.15) is 141 Å². The van der Waals surface area contributed by atoms with Gasteiger partial charge in [-0.3, -0.25) is 33.6 Å². The number of unbranched alkanes of at least 4 members (excludes halogenated alkanes) is 2. The van der Waals surface area contributed by atoms with Crippen LogP contribution in [0, 0.1) is 35.5 Å². The third kappa shape index (κ3) is 22.0. The molecule has 19 heteroatoms. The van der Waals surface area contributed by atoms with Crippen molar-refractivity contribution in [3.05, 3.63) is 0 Å². The van der Waals surface area contributed by atoms with Gasteiger partial charge in [0, 0.05) is 0 Å². The molecular formula is C45H86N10O9. The Labute approximate surface area is 382 Å². The molecule has 9 atom stereocenters. The van der Waals surface area contributed by atoms with Crippen molar-refractivity contribution in [2.45, 2.75) is 189 Å². The Morgan fingerprint density at radius 1 is 0.438 bits per heavy atom. The van der Waals surface area contributed by atoms with E-state index in [1.807, 2.05) is 34.6 Å². The van der Waals surface area contributed by atoms with Crippen LogP contribution in [0.5, 0.6) is 0 Å². The molecular weight excluding hydrogens is 825 g/mol. The quantitative estimate of drug-likeness (QED) is 0.0424. The van der Waals surface area contributed by atoms with Crippen molar-refractivity contribution in [1.82, 2.24) is 37.2 Å². The number of carboxylic acids is 1. The zero-order valence-corrected chi connectivity index (χ0v) is 40.8. The number of carbonyl (C=O) groups is 8. The number of amides is 7. The minimum atomic E-state index is -1.21. The molecule has 0 aromatic heterocycles. The van der Waals surface area contributed by atoms with E-state index < -0.39 is 113 Å². The van der Waals surface area contributed by atoms with Crippen LogP contribution in [0.4, 0.5) is 0 Å². The average Bonchev–Trinajstić information content (AvgIpc) is 3.20. The van der Waals surface area contributed by atoms with Crippen LogP contribution < -0.4 is 54.4 Å². The normalized spacial score (nSPS) is 15.9. The molecule has 0 saturated heterocycles. The molecule has 0 unspecified atom stereocenters. The van der Waals surface area contributed by atoms with Gasteiger partial charge in [0.25, 0.3) is 0 Å². The van der Waals surface area contributed by atoms with Gasteiger partial charge in [-0.05, 0) is 93.5 Å². The first-order chi connectivity index (χ1) is 29.8. The maximum absolute atomic E-state index is 14.2. The second-order valence-electron chi connectivity index (χ2n) is 19.0. The maximum Gasteiger partial charge on any atom is 0.326 e. The Kier molecular flexibility index (Phi) is 28.6. The van der Waals surface area contributed by atoms with Crippen molar-refractivity contribution in [3.63, 3.8) is 0 Å². The molecule has 0 spiro atoms. The Morgan fingerprint density at radius 2 is 0.781 bits per heavy atom. The molecule has 370 valence electrons. The van der Waals surface area contributed by atoms with Crippen LogP contribution in [-0.2, 0) is 38.4 Å². The van der Waals surface area contributed by atoms with Crippen molar-refractivity contribution in [3.8, 4) is 0 Å². The van der Waals surface area contributed by atoms with E-state index in [0.717, 1.165) is 0 Å². The summed E-state index contributed by atoms with van der Waals surface area (Å²) in [6.07, 6.45) is 3.81. The summed E-state index contributed by atoms with van der Waals surface area (Å²) in [6.45, 7) is 22.1. The lowest BCUT2D eigenvalue weighted by Gasteiger charge is -2.31. The standard InChI is InChI=1S/C45H86N10O9/c1-13-29(12)37(44(62)53-35(27(8)9)43(61)51-33(23-25(4)5)40(58)54-36(28(10)11)45(63)64)55-41(59)32(22-24(2)3)50-39(57)31(19-15-17-21-47)49-42(60)34(26(6)7)52-38(56)30(48)18-14-16-20-46/h24-37H,13-23,46-48H2,1-12H3,(H,49,60)(H,50,57)(H,51,61)(H,52,56)(H,53,62)(H,54,58)(H,55,59)(H,63,64)/t29-,30-,31-,32-,33-,34-,35-,36-,37-/m0/s1. The van der Waals surface area contributed by atoms with Gasteiger partial charge in [0.1, 0.15) is 42.3 Å². The molecule has 0 fully saturated rings. The molecule has 14 N–H and O–H groups in total. The Bertz CT molecular complexity index is 1490. The van der Waals surface area contributed by atoms with E-state index in [4.69, 9.17) is 17.2 Å². The number of nitrogens with one attached hydrogen (secondary N) is 7. The van der Waals surface area contributed by atoms with E-state index in [1.54, 1.807) is 48.5 Å². The number of nitrogens with two attached hydrogens (primary N) is 3. The lowest BCUT2D eigenvalue weighted by Crippen LogP contribution is -2.62. The number of carbonyl (C=O) groups excluding carboxylic acids is 7. The predicted octanol–water partition coefficient (Wildman–Crippen LogP) is 1.16. The second kappa shape index (κ2) is 30.7. The van der Waals surface area contributed by atoms with Gasteiger partial charge in [0.05, 0.1) is 6.04 Å². The van der Waals surface area contributed by atoms with Crippen LogP contribution in [0.25, 0.3) is 0 Å². The van der Waals surface area contributed by atoms with Gasteiger partial charge in [0.15, 0.2) is 0 Å². The van der Waals surface area contributed by atoms with Crippen LogP contribution >= 0.6 is 0 Å². The molecule has 0 aliphatic carbocycles. The van der Waals surface area contributed by atoms with Crippen molar-refractivity contribution in [2.75, 3.05) is 13.1 Å². The van der Waals surface area contributed by atoms with Crippen molar-refractivity contribution in [1.29, 1.82) is 0 Å². The number of carboxylic acid groups (broad SMARTS) is 1. The first-order valence-corrected chi connectivity index (χ1v) is 23.3. The van der Waals surface area contributed by atoms with Gasteiger partial charge >= 0.3 is 5.97 Å². The fraction of sp³-hybridized carbons (Fsp3) is 0.822. The third-order valence-electron chi connectivity index (χ3n) is 11.1. The summed E-state index contributed by atoms with van der Waals surface area (Å²) in [5, 5.41) is 28.8. The molecule has 64 heavy (non-hydrogen) atoms. The molecule has 0 radical (unpaired) electrons. The summed E-state index contributed by atoms with van der Waals surface area (Å²) in [4.78, 5) is 108. The van der Waals surface area contributed by atoms with E-state index in [9.17, 15) is 43.5 Å². The Balaban J connectivity index is 6.45. The highest BCUT2D eigenvalue weighted by Gasteiger charge is 2.37. The molecule has 0 bridgehead atoms. The highest BCUT2D eigenvalue weighted by molar-refractivity contribution is 5.97. The molecule has 0 aromatic rings. The van der Waals surface area contributed by atoms with Gasteiger partial charge < -0.3 is 59.5 Å². The van der Waals surface area contributed by atoms with E-state index in [0.29, 0.717) is 51.6 Å².